The van der Waals surface area contributed by atoms with Crippen molar-refractivity contribution in [3.8, 4) is 5.75 Å². The first-order valence-electron chi connectivity index (χ1n) is 5.68. The van der Waals surface area contributed by atoms with E-state index in [0.29, 0.717) is 22.6 Å². The van der Waals surface area contributed by atoms with Gasteiger partial charge in [0.2, 0.25) is 0 Å². The van der Waals surface area contributed by atoms with Gasteiger partial charge in [0.05, 0.1) is 13.0 Å². The number of benzene rings is 2. The van der Waals surface area contributed by atoms with Crippen molar-refractivity contribution in [3.63, 3.8) is 0 Å². The van der Waals surface area contributed by atoms with E-state index in [-0.39, 0.29) is 18.1 Å². The van der Waals surface area contributed by atoms with Crippen LogP contribution in [-0.2, 0) is 16.0 Å². The summed E-state index contributed by atoms with van der Waals surface area (Å²) in [5.41, 5.74) is 0.483. The van der Waals surface area contributed by atoms with Crippen molar-refractivity contribution in [2.75, 3.05) is 6.61 Å². The van der Waals surface area contributed by atoms with Gasteiger partial charge in [0.15, 0.2) is 0 Å². The Kier molecular flexibility index (Phi) is 3.72. The summed E-state index contributed by atoms with van der Waals surface area (Å²) in [7, 11) is 0. The fourth-order valence-electron chi connectivity index (χ4n) is 1.87. The predicted molar refractivity (Wildman–Crippen MR) is 71.0 cm³/mol. The van der Waals surface area contributed by atoms with Crippen LogP contribution in [0.3, 0.4) is 0 Å². The van der Waals surface area contributed by atoms with Crippen molar-refractivity contribution in [2.24, 2.45) is 0 Å². The molecule has 2 aromatic carbocycles. The van der Waals surface area contributed by atoms with E-state index >= 15 is 0 Å². The number of phenolic OH excluding ortho intramolecular Hbond substituents is 1. The molecule has 2 aromatic rings. The number of halogens is 1. The molecule has 0 amide bonds. The monoisotopic (exact) mass is 264 g/mol. The van der Waals surface area contributed by atoms with E-state index in [4.69, 9.17) is 16.3 Å². The number of esters is 1. The zero-order chi connectivity index (χ0) is 13.1. The molecule has 0 radical (unpaired) electrons. The fourth-order valence-corrected chi connectivity index (χ4v) is 2.17. The third-order valence-corrected chi connectivity index (χ3v) is 3.00. The van der Waals surface area contributed by atoms with Crippen LogP contribution >= 0.6 is 11.6 Å². The van der Waals surface area contributed by atoms with Gasteiger partial charge in [-0.3, -0.25) is 4.79 Å². The van der Waals surface area contributed by atoms with Crippen molar-refractivity contribution in [1.82, 2.24) is 0 Å². The first-order chi connectivity index (χ1) is 8.63. The number of carbonyl (C=O) groups excluding carboxylic acids is 1. The lowest BCUT2D eigenvalue weighted by molar-refractivity contribution is -0.142. The SMILES string of the molecule is CCOC(=O)Cc1cc(Cl)c2ccccc2c1O. The average Bonchev–Trinajstić information content (AvgIpc) is 2.36. The zero-order valence-electron chi connectivity index (χ0n) is 9.94. The van der Waals surface area contributed by atoms with Crippen LogP contribution in [0.4, 0.5) is 0 Å². The molecule has 0 heterocycles. The molecule has 0 fully saturated rings. The maximum atomic E-state index is 11.4. The van der Waals surface area contributed by atoms with E-state index in [1.165, 1.54) is 0 Å². The van der Waals surface area contributed by atoms with Crippen LogP contribution in [0.1, 0.15) is 12.5 Å². The molecule has 0 aliphatic rings. The van der Waals surface area contributed by atoms with E-state index in [9.17, 15) is 9.90 Å². The van der Waals surface area contributed by atoms with E-state index in [2.05, 4.69) is 0 Å². The van der Waals surface area contributed by atoms with Crippen LogP contribution in [0.15, 0.2) is 30.3 Å². The number of phenols is 1. The molecule has 94 valence electrons. The number of hydrogen-bond acceptors (Lipinski definition) is 3. The molecule has 0 atom stereocenters. The second-order valence-corrected chi connectivity index (χ2v) is 4.30. The molecule has 4 heteroatoms. The Morgan fingerprint density at radius 3 is 2.67 bits per heavy atom. The highest BCUT2D eigenvalue weighted by atomic mass is 35.5. The maximum Gasteiger partial charge on any atom is 0.310 e. The minimum absolute atomic E-state index is 0.0181. The largest absolute Gasteiger partial charge is 0.507 e. The maximum absolute atomic E-state index is 11.4. The fraction of sp³-hybridized carbons (Fsp3) is 0.214. The number of fused-ring (bicyclic) bond motifs is 1. The lowest BCUT2D eigenvalue weighted by Crippen LogP contribution is -2.07. The molecule has 0 bridgehead atoms. The molecular weight excluding hydrogens is 252 g/mol. The number of aromatic hydroxyl groups is 1. The summed E-state index contributed by atoms with van der Waals surface area (Å²) in [6, 6.07) is 8.86. The van der Waals surface area contributed by atoms with Crippen LogP contribution in [0.25, 0.3) is 10.8 Å². The normalized spacial score (nSPS) is 10.6. The molecule has 0 aliphatic heterocycles. The van der Waals surface area contributed by atoms with Gasteiger partial charge in [0.25, 0.3) is 0 Å². The van der Waals surface area contributed by atoms with E-state index in [1.54, 1.807) is 19.1 Å². The van der Waals surface area contributed by atoms with Gasteiger partial charge in [-0.1, -0.05) is 35.9 Å². The first-order valence-corrected chi connectivity index (χ1v) is 6.06. The molecule has 0 unspecified atom stereocenters. The topological polar surface area (TPSA) is 46.5 Å². The Hall–Kier alpha value is -1.74. The van der Waals surface area contributed by atoms with Gasteiger partial charge in [0, 0.05) is 21.4 Å². The van der Waals surface area contributed by atoms with Crippen molar-refractivity contribution >= 4 is 28.3 Å². The molecule has 3 nitrogen and oxygen atoms in total. The minimum Gasteiger partial charge on any atom is -0.507 e. The number of ether oxygens (including phenoxy) is 1. The highest BCUT2D eigenvalue weighted by molar-refractivity contribution is 6.36. The molecule has 0 aromatic heterocycles. The second kappa shape index (κ2) is 5.27. The van der Waals surface area contributed by atoms with E-state index < -0.39 is 0 Å². The summed E-state index contributed by atoms with van der Waals surface area (Å²) in [5.74, 6) is -0.290. The molecule has 1 N–H and O–H groups in total. The zero-order valence-corrected chi connectivity index (χ0v) is 10.7. The van der Waals surface area contributed by atoms with Gasteiger partial charge >= 0.3 is 5.97 Å². The van der Waals surface area contributed by atoms with Crippen molar-refractivity contribution in [3.05, 3.63) is 40.9 Å². The molecular formula is C14H13ClO3. The van der Waals surface area contributed by atoms with Gasteiger partial charge in [-0.15, -0.1) is 0 Å². The van der Waals surface area contributed by atoms with Crippen LogP contribution in [-0.4, -0.2) is 17.7 Å². The Bertz CT molecular complexity index is 593. The van der Waals surface area contributed by atoms with Crippen LogP contribution < -0.4 is 0 Å². The van der Waals surface area contributed by atoms with Crippen molar-refractivity contribution in [1.29, 1.82) is 0 Å². The molecule has 18 heavy (non-hydrogen) atoms. The predicted octanol–water partition coefficient (Wildman–Crippen LogP) is 3.30. The summed E-state index contributed by atoms with van der Waals surface area (Å²) in [6.07, 6.45) is 0.0181. The number of rotatable bonds is 3. The Balaban J connectivity index is 2.46. The third-order valence-electron chi connectivity index (χ3n) is 2.68. The summed E-state index contributed by atoms with van der Waals surface area (Å²) in [5, 5.41) is 12.1. The number of hydrogen-bond donors (Lipinski definition) is 1. The summed E-state index contributed by atoms with van der Waals surface area (Å²) in [6.45, 7) is 2.06. The van der Waals surface area contributed by atoms with Crippen LogP contribution in [0.5, 0.6) is 5.75 Å². The molecule has 0 spiro atoms. The molecule has 2 rings (SSSR count). The molecule has 0 saturated heterocycles. The van der Waals surface area contributed by atoms with E-state index in [0.717, 1.165) is 5.39 Å². The average molecular weight is 265 g/mol. The standard InChI is InChI=1S/C14H13ClO3/c1-2-18-13(16)8-9-7-12(15)10-5-3-4-6-11(10)14(9)17/h3-7,17H,2,8H2,1H3. The Morgan fingerprint density at radius 1 is 1.33 bits per heavy atom. The smallest absolute Gasteiger partial charge is 0.310 e. The second-order valence-electron chi connectivity index (χ2n) is 3.89. The van der Waals surface area contributed by atoms with Gasteiger partial charge in [-0.25, -0.2) is 0 Å². The highest BCUT2D eigenvalue weighted by Gasteiger charge is 2.13. The van der Waals surface area contributed by atoms with Gasteiger partial charge < -0.3 is 9.84 Å². The third kappa shape index (κ3) is 2.41. The quantitative estimate of drug-likeness (QED) is 0.865. The van der Waals surface area contributed by atoms with E-state index in [1.807, 2.05) is 18.2 Å². The molecule has 0 saturated carbocycles. The van der Waals surface area contributed by atoms with Gasteiger partial charge in [0.1, 0.15) is 5.75 Å². The summed E-state index contributed by atoms with van der Waals surface area (Å²) < 4.78 is 4.86. The van der Waals surface area contributed by atoms with Gasteiger partial charge in [-0.2, -0.15) is 0 Å². The summed E-state index contributed by atoms with van der Waals surface area (Å²) >= 11 is 6.13. The molecule has 0 aliphatic carbocycles. The summed E-state index contributed by atoms with van der Waals surface area (Å²) in [4.78, 5) is 11.4. The van der Waals surface area contributed by atoms with Crippen molar-refractivity contribution in [2.45, 2.75) is 13.3 Å². The first kappa shape index (κ1) is 12.7. The lowest BCUT2D eigenvalue weighted by Gasteiger charge is -2.09. The lowest BCUT2D eigenvalue weighted by atomic mass is 10.0. The van der Waals surface area contributed by atoms with Crippen LogP contribution in [0, 0.1) is 0 Å². The van der Waals surface area contributed by atoms with Crippen molar-refractivity contribution < 1.29 is 14.6 Å². The van der Waals surface area contributed by atoms with Gasteiger partial charge in [-0.05, 0) is 13.0 Å². The number of carbonyl (C=O) groups is 1. The minimum atomic E-state index is -0.376. The van der Waals surface area contributed by atoms with Crippen LogP contribution in [0.2, 0.25) is 5.02 Å². The Labute approximate surface area is 110 Å². The Morgan fingerprint density at radius 2 is 2.00 bits per heavy atom. The highest BCUT2D eigenvalue weighted by Crippen LogP contribution is 2.34.